The summed E-state index contributed by atoms with van der Waals surface area (Å²) < 4.78 is 2.05. The maximum absolute atomic E-state index is 12.6. The van der Waals surface area contributed by atoms with Crippen LogP contribution in [-0.2, 0) is 11.8 Å². The van der Waals surface area contributed by atoms with Gasteiger partial charge in [0, 0.05) is 45.5 Å². The third kappa shape index (κ3) is 3.24. The molecule has 1 aromatic rings. The number of aryl methyl sites for hydroxylation is 1. The van der Waals surface area contributed by atoms with E-state index in [2.05, 4.69) is 27.6 Å². The Bertz CT molecular complexity index is 563. The fourth-order valence-electron chi connectivity index (χ4n) is 3.45. The number of amides is 1. The van der Waals surface area contributed by atoms with Crippen molar-refractivity contribution in [2.45, 2.75) is 38.1 Å². The van der Waals surface area contributed by atoms with E-state index in [1.54, 1.807) is 0 Å². The van der Waals surface area contributed by atoms with Crippen molar-refractivity contribution >= 4 is 5.91 Å². The predicted octanol–water partition coefficient (Wildman–Crippen LogP) is 2.13. The van der Waals surface area contributed by atoms with Gasteiger partial charge in [0.05, 0.1) is 6.04 Å². The molecule has 1 aromatic heterocycles. The van der Waals surface area contributed by atoms with E-state index < -0.39 is 0 Å². The summed E-state index contributed by atoms with van der Waals surface area (Å²) in [6.45, 7) is 2.47. The number of allylic oxidation sites excluding steroid dienone is 1. The minimum atomic E-state index is 0.193. The molecule has 1 amide bonds. The number of likely N-dealkylation sites (N-methyl/N-ethyl adjacent to an activating group) is 1. The lowest BCUT2D eigenvalue weighted by molar-refractivity contribution is -0.133. The maximum Gasteiger partial charge on any atom is 0.226 e. The standard InChI is InChI=1S/C17H26N4O/c1-19-10-11-21(13-15(19)17-18-8-9-20(17)2)16(22)12-14-6-4-3-5-7-14/h6,8-9,15H,3-5,7,10-13H2,1-2H3/t15-/m1/s1. The van der Waals surface area contributed by atoms with E-state index in [-0.39, 0.29) is 11.9 Å². The topological polar surface area (TPSA) is 41.4 Å². The molecule has 3 rings (SSSR count). The first-order valence-electron chi connectivity index (χ1n) is 8.28. The van der Waals surface area contributed by atoms with Crippen LogP contribution in [0.25, 0.3) is 0 Å². The number of carbonyl (C=O) groups is 1. The van der Waals surface area contributed by atoms with E-state index in [0.717, 1.165) is 38.3 Å². The molecule has 5 heteroatoms. The Labute approximate surface area is 132 Å². The first kappa shape index (κ1) is 15.3. The lowest BCUT2D eigenvalue weighted by Crippen LogP contribution is -2.49. The highest BCUT2D eigenvalue weighted by atomic mass is 16.2. The molecule has 0 N–H and O–H groups in total. The quantitative estimate of drug-likeness (QED) is 0.803. The Kier molecular flexibility index (Phi) is 4.62. The van der Waals surface area contributed by atoms with Gasteiger partial charge in [-0.15, -0.1) is 0 Å². The van der Waals surface area contributed by atoms with Crippen molar-refractivity contribution in [1.29, 1.82) is 0 Å². The molecule has 0 bridgehead atoms. The fraction of sp³-hybridized carbons (Fsp3) is 0.647. The second-order valence-electron chi connectivity index (χ2n) is 6.52. The van der Waals surface area contributed by atoms with Crippen molar-refractivity contribution in [2.75, 3.05) is 26.7 Å². The molecule has 0 radical (unpaired) electrons. The molecular formula is C17H26N4O. The highest BCUT2D eigenvalue weighted by Gasteiger charge is 2.30. The van der Waals surface area contributed by atoms with E-state index >= 15 is 0 Å². The van der Waals surface area contributed by atoms with Gasteiger partial charge < -0.3 is 9.47 Å². The normalized spacial score (nSPS) is 23.5. The molecule has 0 aromatic carbocycles. The number of aromatic nitrogens is 2. The van der Waals surface area contributed by atoms with Crippen LogP contribution >= 0.6 is 0 Å². The van der Waals surface area contributed by atoms with Crippen LogP contribution in [0.4, 0.5) is 0 Å². The molecule has 0 unspecified atom stereocenters. The van der Waals surface area contributed by atoms with E-state index in [4.69, 9.17) is 0 Å². The smallest absolute Gasteiger partial charge is 0.226 e. The second kappa shape index (κ2) is 6.65. The molecule has 0 spiro atoms. The molecule has 120 valence electrons. The zero-order valence-electron chi connectivity index (χ0n) is 13.7. The molecule has 1 aliphatic carbocycles. The Balaban J connectivity index is 1.66. The van der Waals surface area contributed by atoms with Gasteiger partial charge in [-0.2, -0.15) is 0 Å². The van der Waals surface area contributed by atoms with Crippen LogP contribution in [0.5, 0.6) is 0 Å². The van der Waals surface area contributed by atoms with Gasteiger partial charge >= 0.3 is 0 Å². The van der Waals surface area contributed by atoms with Gasteiger partial charge in [-0.25, -0.2) is 4.98 Å². The number of nitrogens with zero attached hydrogens (tertiary/aromatic N) is 4. The monoisotopic (exact) mass is 302 g/mol. The van der Waals surface area contributed by atoms with Gasteiger partial charge in [-0.3, -0.25) is 9.69 Å². The summed E-state index contributed by atoms with van der Waals surface area (Å²) in [6.07, 6.45) is 11.4. The molecule has 1 fully saturated rings. The van der Waals surface area contributed by atoms with Crippen molar-refractivity contribution in [1.82, 2.24) is 19.4 Å². The Morgan fingerprint density at radius 1 is 1.32 bits per heavy atom. The van der Waals surface area contributed by atoms with Gasteiger partial charge in [0.15, 0.2) is 0 Å². The minimum absolute atomic E-state index is 0.193. The van der Waals surface area contributed by atoms with Crippen LogP contribution < -0.4 is 0 Å². The third-order valence-electron chi connectivity index (χ3n) is 4.92. The van der Waals surface area contributed by atoms with Crippen LogP contribution in [0.2, 0.25) is 0 Å². The van der Waals surface area contributed by atoms with Crippen molar-refractivity contribution in [3.63, 3.8) is 0 Å². The van der Waals surface area contributed by atoms with Crippen molar-refractivity contribution in [3.05, 3.63) is 29.9 Å². The van der Waals surface area contributed by atoms with Crippen molar-refractivity contribution in [2.24, 2.45) is 7.05 Å². The Morgan fingerprint density at radius 3 is 2.86 bits per heavy atom. The van der Waals surface area contributed by atoms with Crippen LogP contribution in [0.15, 0.2) is 24.0 Å². The van der Waals surface area contributed by atoms with Gasteiger partial charge in [-0.1, -0.05) is 11.6 Å². The summed E-state index contributed by atoms with van der Waals surface area (Å²) in [5, 5.41) is 0. The summed E-state index contributed by atoms with van der Waals surface area (Å²) >= 11 is 0. The molecule has 2 aliphatic rings. The largest absolute Gasteiger partial charge is 0.339 e. The first-order chi connectivity index (χ1) is 10.6. The number of hydrogen-bond donors (Lipinski definition) is 0. The van der Waals surface area contributed by atoms with Crippen LogP contribution in [0.3, 0.4) is 0 Å². The highest BCUT2D eigenvalue weighted by molar-refractivity contribution is 5.79. The van der Waals surface area contributed by atoms with Crippen molar-refractivity contribution < 1.29 is 4.79 Å². The Hall–Kier alpha value is -1.62. The van der Waals surface area contributed by atoms with Crippen molar-refractivity contribution in [3.8, 4) is 0 Å². The number of hydrogen-bond acceptors (Lipinski definition) is 3. The number of imidazole rings is 1. The second-order valence-corrected chi connectivity index (χ2v) is 6.52. The van der Waals surface area contributed by atoms with E-state index in [1.807, 2.05) is 24.3 Å². The average Bonchev–Trinajstić information content (AvgIpc) is 2.94. The zero-order chi connectivity index (χ0) is 15.5. The minimum Gasteiger partial charge on any atom is -0.339 e. The van der Waals surface area contributed by atoms with E-state index in [9.17, 15) is 4.79 Å². The number of rotatable bonds is 3. The molecule has 1 atom stereocenters. The molecule has 2 heterocycles. The zero-order valence-corrected chi connectivity index (χ0v) is 13.7. The van der Waals surface area contributed by atoms with Crippen LogP contribution in [0, 0.1) is 0 Å². The van der Waals surface area contributed by atoms with E-state index in [0.29, 0.717) is 6.42 Å². The van der Waals surface area contributed by atoms with E-state index in [1.165, 1.54) is 18.4 Å². The molecule has 1 saturated heterocycles. The lowest BCUT2D eigenvalue weighted by atomic mass is 9.96. The number of carbonyl (C=O) groups excluding carboxylic acids is 1. The highest BCUT2D eigenvalue weighted by Crippen LogP contribution is 2.25. The summed E-state index contributed by atoms with van der Waals surface area (Å²) in [6, 6.07) is 0.193. The average molecular weight is 302 g/mol. The van der Waals surface area contributed by atoms with Crippen LogP contribution in [0.1, 0.15) is 44.0 Å². The maximum atomic E-state index is 12.6. The Morgan fingerprint density at radius 2 is 2.18 bits per heavy atom. The lowest BCUT2D eigenvalue weighted by Gasteiger charge is -2.39. The van der Waals surface area contributed by atoms with Gasteiger partial charge in [0.25, 0.3) is 0 Å². The third-order valence-corrected chi connectivity index (χ3v) is 4.92. The summed E-state index contributed by atoms with van der Waals surface area (Å²) in [7, 11) is 4.13. The molecular weight excluding hydrogens is 276 g/mol. The van der Waals surface area contributed by atoms with Gasteiger partial charge in [0.2, 0.25) is 5.91 Å². The van der Waals surface area contributed by atoms with Gasteiger partial charge in [0.1, 0.15) is 5.82 Å². The van der Waals surface area contributed by atoms with Crippen LogP contribution in [-0.4, -0.2) is 51.9 Å². The molecule has 5 nitrogen and oxygen atoms in total. The number of piperazine rings is 1. The predicted molar refractivity (Wildman–Crippen MR) is 86.3 cm³/mol. The molecule has 22 heavy (non-hydrogen) atoms. The van der Waals surface area contributed by atoms with Gasteiger partial charge in [-0.05, 0) is 32.7 Å². The summed E-state index contributed by atoms with van der Waals surface area (Å²) in [5.74, 6) is 1.32. The SMILES string of the molecule is CN1CCN(C(=O)CC2=CCCCC2)C[C@@H]1c1nccn1C. The summed E-state index contributed by atoms with van der Waals surface area (Å²) in [4.78, 5) is 21.4. The molecule has 0 saturated carbocycles. The molecule has 1 aliphatic heterocycles. The first-order valence-corrected chi connectivity index (χ1v) is 8.28. The fourth-order valence-corrected chi connectivity index (χ4v) is 3.45. The summed E-state index contributed by atoms with van der Waals surface area (Å²) in [5.41, 5.74) is 1.34.